The highest BCUT2D eigenvalue weighted by Crippen LogP contribution is 2.33. The summed E-state index contributed by atoms with van der Waals surface area (Å²) in [5, 5.41) is 2.90. The number of methoxy groups -OCH3 is 2. The maximum Gasteiger partial charge on any atom is 0.226 e. The van der Waals surface area contributed by atoms with Gasteiger partial charge in [-0.1, -0.05) is 92.1 Å². The van der Waals surface area contributed by atoms with Gasteiger partial charge < -0.3 is 19.3 Å². The van der Waals surface area contributed by atoms with Gasteiger partial charge in [0.25, 0.3) is 0 Å². The topological polar surface area (TPSA) is 109 Å². The van der Waals surface area contributed by atoms with E-state index in [1.54, 1.807) is 43.7 Å². The van der Waals surface area contributed by atoms with Gasteiger partial charge in [0.2, 0.25) is 11.8 Å². The predicted octanol–water partition coefficient (Wildman–Crippen LogP) is 7.56. The van der Waals surface area contributed by atoms with Crippen molar-refractivity contribution in [2.24, 2.45) is 29.6 Å². The summed E-state index contributed by atoms with van der Waals surface area (Å²) in [5.74, 6) is -0.864. The van der Waals surface area contributed by atoms with Crippen LogP contribution < -0.4 is 0 Å². The van der Waals surface area contributed by atoms with Gasteiger partial charge in [-0.2, -0.15) is 0 Å². The zero-order valence-corrected chi connectivity index (χ0v) is 37.2. The number of ether oxygens (including phenoxy) is 2. The molecule has 56 heavy (non-hydrogen) atoms. The molecule has 0 N–H and O–H groups in total. The van der Waals surface area contributed by atoms with Crippen LogP contribution >= 0.6 is 11.3 Å². The normalized spacial score (nSPS) is 19.1. The molecule has 1 saturated heterocycles. The Balaban J connectivity index is 1.79. The van der Waals surface area contributed by atoms with E-state index in [1.165, 1.54) is 0 Å². The number of carbonyl (C=O) groups is 4. The third kappa shape index (κ3) is 12.3. The molecule has 9 atom stereocenters. The molecule has 0 unspecified atom stereocenters. The van der Waals surface area contributed by atoms with Gasteiger partial charge in [0.15, 0.2) is 5.78 Å². The molecule has 10 nitrogen and oxygen atoms in total. The van der Waals surface area contributed by atoms with Crippen molar-refractivity contribution in [2.75, 3.05) is 41.4 Å². The minimum Gasteiger partial charge on any atom is -0.379 e. The van der Waals surface area contributed by atoms with Crippen molar-refractivity contribution < 1.29 is 28.7 Å². The van der Waals surface area contributed by atoms with Gasteiger partial charge in [-0.25, -0.2) is 4.98 Å². The Bertz CT molecular complexity index is 1500. The monoisotopic (exact) mass is 797 g/mol. The molecule has 0 saturated carbocycles. The largest absolute Gasteiger partial charge is 0.379 e. The van der Waals surface area contributed by atoms with Crippen LogP contribution in [0.15, 0.2) is 41.9 Å². The summed E-state index contributed by atoms with van der Waals surface area (Å²) in [6, 6.07) is 9.29. The summed E-state index contributed by atoms with van der Waals surface area (Å²) in [7, 11) is 7.01. The lowest BCUT2D eigenvalue weighted by Crippen LogP contribution is -2.54. The van der Waals surface area contributed by atoms with Gasteiger partial charge in [-0.15, -0.1) is 11.3 Å². The lowest BCUT2D eigenvalue weighted by atomic mass is 9.83. The summed E-state index contributed by atoms with van der Waals surface area (Å²) in [6.07, 6.45) is 4.39. The summed E-state index contributed by atoms with van der Waals surface area (Å²) >= 11 is 1.57. The summed E-state index contributed by atoms with van der Waals surface area (Å²) in [4.78, 5) is 66.8. The number of likely N-dealkylation sites (tertiary alicyclic amines) is 1. The van der Waals surface area contributed by atoms with Gasteiger partial charge in [0.1, 0.15) is 5.78 Å². The smallest absolute Gasteiger partial charge is 0.226 e. The second kappa shape index (κ2) is 22.8. The van der Waals surface area contributed by atoms with Crippen LogP contribution in [-0.2, 0) is 35.1 Å². The SMILES string of the molecule is CC[C@H](C)[C@@H]([C@@H](CC(=O)N1CCC[C@H]1[C@H](OC)[C@@H](C)C(=O)C[C@@H](Cc1ccccc1)c1nccs1)OC)N(C)C(=O)[C@@H](CC(=O)[C@H](C(C)C)N(C)CC)C(C)C. The van der Waals surface area contributed by atoms with Crippen LogP contribution in [0.25, 0.3) is 0 Å². The van der Waals surface area contributed by atoms with Gasteiger partial charge in [-0.3, -0.25) is 24.1 Å². The van der Waals surface area contributed by atoms with Crippen LogP contribution in [0.2, 0.25) is 0 Å². The third-order valence-electron chi connectivity index (χ3n) is 12.4. The molecule has 1 aromatic carbocycles. The Morgan fingerprint density at radius 3 is 2.12 bits per heavy atom. The van der Waals surface area contributed by atoms with Crippen LogP contribution in [0.3, 0.4) is 0 Å². The molecule has 1 aromatic heterocycles. The fourth-order valence-electron chi connectivity index (χ4n) is 8.88. The molecule has 2 amide bonds. The van der Waals surface area contributed by atoms with E-state index < -0.39 is 24.0 Å². The predicted molar refractivity (Wildman–Crippen MR) is 226 cm³/mol. The first-order valence-corrected chi connectivity index (χ1v) is 21.8. The maximum absolute atomic E-state index is 14.4. The maximum atomic E-state index is 14.4. The molecular formula is C45H72N4O6S. The Labute approximate surface area is 342 Å². The van der Waals surface area contributed by atoms with E-state index in [0.717, 1.165) is 36.4 Å². The van der Waals surface area contributed by atoms with Crippen LogP contribution in [0.5, 0.6) is 0 Å². The molecule has 0 bridgehead atoms. The summed E-state index contributed by atoms with van der Waals surface area (Å²) < 4.78 is 12.2. The molecule has 2 heterocycles. The first kappa shape index (κ1) is 47.4. The zero-order chi connectivity index (χ0) is 41.7. The van der Waals surface area contributed by atoms with E-state index in [1.807, 2.05) is 63.2 Å². The molecule has 0 spiro atoms. The third-order valence-corrected chi connectivity index (χ3v) is 13.3. The molecule has 0 radical (unpaired) electrons. The standard InChI is InChI=1S/C45H72N4O6S/c1-13-31(7)42(48(10)45(53)35(29(3)4)27-38(51)41(30(5)6)47(9)14-2)39(54-11)28-40(52)49-23-18-21-36(49)43(55-12)32(8)37(50)26-34(44-46-22-24-56-44)25-33-19-16-15-17-20-33/h15-17,19-20,22,24,29-32,34-36,39,41-43H,13-14,18,21,23,25-28H2,1-12H3/t31-,32-,34+,35-,36-,39+,41-,42-,43+/m0/s1. The molecule has 2 aromatic rings. The van der Waals surface area contributed by atoms with E-state index in [4.69, 9.17) is 9.47 Å². The van der Waals surface area contributed by atoms with Gasteiger partial charge in [-0.05, 0) is 56.2 Å². The van der Waals surface area contributed by atoms with Crippen LogP contribution in [-0.4, -0.2) is 115 Å². The van der Waals surface area contributed by atoms with E-state index in [0.29, 0.717) is 19.4 Å². The fraction of sp³-hybridized carbons (Fsp3) is 0.711. The number of ketones is 2. The van der Waals surface area contributed by atoms with Gasteiger partial charge >= 0.3 is 0 Å². The van der Waals surface area contributed by atoms with Crippen molar-refractivity contribution in [2.45, 2.75) is 137 Å². The number of Topliss-reactive ketones (excluding diaryl/α,β-unsaturated/α-hetero) is 2. The number of nitrogens with zero attached hydrogens (tertiary/aromatic N) is 4. The molecule has 3 rings (SSSR count). The lowest BCUT2D eigenvalue weighted by Gasteiger charge is -2.41. The number of thiazole rings is 1. The van der Waals surface area contributed by atoms with Crippen molar-refractivity contribution in [3.05, 3.63) is 52.5 Å². The van der Waals surface area contributed by atoms with Crippen molar-refractivity contribution in [1.82, 2.24) is 19.7 Å². The molecule has 314 valence electrons. The fourth-order valence-corrected chi connectivity index (χ4v) is 9.62. The van der Waals surface area contributed by atoms with Crippen molar-refractivity contribution in [3.63, 3.8) is 0 Å². The van der Waals surface area contributed by atoms with E-state index >= 15 is 0 Å². The zero-order valence-electron chi connectivity index (χ0n) is 36.4. The van der Waals surface area contributed by atoms with E-state index in [2.05, 4.69) is 49.7 Å². The molecule has 1 aliphatic heterocycles. The molecule has 1 aliphatic rings. The van der Waals surface area contributed by atoms with Gasteiger partial charge in [0.05, 0.1) is 41.8 Å². The molecular weight excluding hydrogens is 725 g/mol. The van der Waals surface area contributed by atoms with Crippen LogP contribution in [0, 0.1) is 29.6 Å². The number of amides is 2. The highest BCUT2D eigenvalue weighted by Gasteiger charge is 2.43. The van der Waals surface area contributed by atoms with Crippen LogP contribution in [0.4, 0.5) is 0 Å². The Hall–Kier alpha value is -2.99. The highest BCUT2D eigenvalue weighted by atomic mass is 32.1. The minimum atomic E-state index is -0.567. The number of aromatic nitrogens is 1. The number of carbonyl (C=O) groups excluding carboxylic acids is 4. The Morgan fingerprint density at radius 1 is 0.911 bits per heavy atom. The highest BCUT2D eigenvalue weighted by molar-refractivity contribution is 7.09. The number of hydrogen-bond donors (Lipinski definition) is 0. The second-order valence-corrected chi connectivity index (χ2v) is 17.7. The van der Waals surface area contributed by atoms with E-state index in [-0.39, 0.29) is 78.0 Å². The average molecular weight is 797 g/mol. The number of benzene rings is 1. The Morgan fingerprint density at radius 2 is 1.59 bits per heavy atom. The number of hydrogen-bond acceptors (Lipinski definition) is 9. The number of rotatable bonds is 24. The van der Waals surface area contributed by atoms with Gasteiger partial charge in [0, 0.05) is 70.0 Å². The first-order valence-electron chi connectivity index (χ1n) is 20.9. The quantitative estimate of drug-likeness (QED) is 0.107. The number of likely N-dealkylation sites (N-methyl/N-ethyl adjacent to an activating group) is 2. The second-order valence-electron chi connectivity index (χ2n) is 16.8. The first-order chi connectivity index (χ1) is 26.6. The molecule has 0 aliphatic carbocycles. The van der Waals surface area contributed by atoms with Crippen LogP contribution in [0.1, 0.15) is 110 Å². The summed E-state index contributed by atoms with van der Waals surface area (Å²) in [5.41, 5.74) is 1.16. The molecule has 11 heteroatoms. The Kier molecular flexibility index (Phi) is 19.3. The summed E-state index contributed by atoms with van der Waals surface area (Å²) in [6.45, 7) is 17.6. The van der Waals surface area contributed by atoms with Crippen molar-refractivity contribution in [3.8, 4) is 0 Å². The molecule has 1 fully saturated rings. The average Bonchev–Trinajstić information content (AvgIpc) is 3.90. The lowest BCUT2D eigenvalue weighted by molar-refractivity contribution is -0.149. The van der Waals surface area contributed by atoms with E-state index in [9.17, 15) is 19.2 Å². The van der Waals surface area contributed by atoms with Crippen molar-refractivity contribution in [1.29, 1.82) is 0 Å². The minimum absolute atomic E-state index is 0.0280. The van der Waals surface area contributed by atoms with Crippen molar-refractivity contribution >= 4 is 34.7 Å².